The van der Waals surface area contributed by atoms with Gasteiger partial charge in [0.25, 0.3) is 5.91 Å². The third kappa shape index (κ3) is 4.62. The summed E-state index contributed by atoms with van der Waals surface area (Å²) in [6.07, 6.45) is -3.53. The van der Waals surface area contributed by atoms with Gasteiger partial charge in [-0.15, -0.1) is 0 Å². The number of ether oxygens (including phenoxy) is 1. The van der Waals surface area contributed by atoms with Gasteiger partial charge in [0.05, 0.1) is 13.0 Å². The Hall–Kier alpha value is -2.25. The first-order chi connectivity index (χ1) is 11.3. The van der Waals surface area contributed by atoms with Gasteiger partial charge in [0, 0.05) is 17.3 Å². The molecule has 24 heavy (non-hydrogen) atoms. The van der Waals surface area contributed by atoms with Crippen molar-refractivity contribution in [1.29, 1.82) is 0 Å². The second kappa shape index (κ2) is 7.55. The lowest BCUT2D eigenvalue weighted by atomic mass is 9.84. The van der Waals surface area contributed by atoms with Crippen LogP contribution in [0.1, 0.15) is 36.0 Å². The highest BCUT2D eigenvalue weighted by Gasteiger charge is 2.45. The molecule has 0 aromatic heterocycles. The molecule has 8 heteroatoms. The van der Waals surface area contributed by atoms with Crippen molar-refractivity contribution in [1.82, 2.24) is 5.32 Å². The normalized spacial score (nSPS) is 21.0. The summed E-state index contributed by atoms with van der Waals surface area (Å²) in [5, 5.41) is 4.89. The van der Waals surface area contributed by atoms with Crippen LogP contribution >= 0.6 is 0 Å². The average molecular weight is 344 g/mol. The second-order valence-electron chi connectivity index (χ2n) is 5.71. The van der Waals surface area contributed by atoms with E-state index in [1.807, 2.05) is 0 Å². The van der Waals surface area contributed by atoms with Gasteiger partial charge in [0.1, 0.15) is 0 Å². The minimum Gasteiger partial charge on any atom is -0.453 e. The zero-order valence-electron chi connectivity index (χ0n) is 13.2. The summed E-state index contributed by atoms with van der Waals surface area (Å²) in [5.41, 5.74) is 0.501. The van der Waals surface area contributed by atoms with Crippen molar-refractivity contribution in [3.63, 3.8) is 0 Å². The molecule has 2 rings (SSSR count). The van der Waals surface area contributed by atoms with E-state index in [0.717, 1.165) is 0 Å². The van der Waals surface area contributed by atoms with E-state index in [4.69, 9.17) is 0 Å². The fraction of sp³-hybridized carbons (Fsp3) is 0.500. The Morgan fingerprint density at radius 3 is 2.58 bits per heavy atom. The molecule has 2 N–H and O–H groups in total. The van der Waals surface area contributed by atoms with Crippen molar-refractivity contribution < 1.29 is 27.5 Å². The van der Waals surface area contributed by atoms with Gasteiger partial charge in [0.2, 0.25) is 0 Å². The molecule has 1 saturated carbocycles. The number of anilines is 1. The van der Waals surface area contributed by atoms with Crippen LogP contribution in [0.5, 0.6) is 0 Å². The number of amides is 2. The molecule has 2 atom stereocenters. The van der Waals surface area contributed by atoms with Crippen molar-refractivity contribution >= 4 is 17.7 Å². The summed E-state index contributed by atoms with van der Waals surface area (Å²) in [7, 11) is 1.20. The number of carbonyl (C=O) groups is 2. The standard InChI is InChI=1S/C16H19F3N2O3/c1-24-15(23)20-11-6-4-5-10(9-11)14(22)21-13-8-3-2-7-12(13)16(17,18)19/h4-6,9,12-13H,2-3,7-8H2,1H3,(H,20,23)(H,21,22)/t12-,13-/m1/s1. The van der Waals surface area contributed by atoms with Crippen molar-refractivity contribution in [3.05, 3.63) is 29.8 Å². The highest BCUT2D eigenvalue weighted by atomic mass is 19.4. The van der Waals surface area contributed by atoms with Crippen LogP contribution in [0.25, 0.3) is 0 Å². The molecule has 1 fully saturated rings. The zero-order chi connectivity index (χ0) is 17.7. The van der Waals surface area contributed by atoms with Gasteiger partial charge in [0.15, 0.2) is 0 Å². The van der Waals surface area contributed by atoms with Gasteiger partial charge >= 0.3 is 12.3 Å². The quantitative estimate of drug-likeness (QED) is 0.878. The fourth-order valence-corrected chi connectivity index (χ4v) is 2.85. The van der Waals surface area contributed by atoms with Gasteiger partial charge in [-0.2, -0.15) is 13.2 Å². The van der Waals surface area contributed by atoms with Crippen LogP contribution in [0.4, 0.5) is 23.7 Å². The number of rotatable bonds is 3. The van der Waals surface area contributed by atoms with E-state index in [9.17, 15) is 22.8 Å². The number of nitrogens with one attached hydrogen (secondary N) is 2. The lowest BCUT2D eigenvalue weighted by molar-refractivity contribution is -0.187. The summed E-state index contributed by atoms with van der Waals surface area (Å²) in [4.78, 5) is 23.4. The van der Waals surface area contributed by atoms with E-state index in [-0.39, 0.29) is 12.0 Å². The number of carbonyl (C=O) groups excluding carboxylic acids is 2. The highest BCUT2D eigenvalue weighted by molar-refractivity contribution is 5.96. The van der Waals surface area contributed by atoms with E-state index in [0.29, 0.717) is 24.9 Å². The van der Waals surface area contributed by atoms with E-state index in [1.165, 1.54) is 25.3 Å². The van der Waals surface area contributed by atoms with Crippen molar-refractivity contribution in [2.45, 2.75) is 37.9 Å². The Morgan fingerprint density at radius 2 is 1.92 bits per heavy atom. The molecule has 5 nitrogen and oxygen atoms in total. The first kappa shape index (κ1) is 18.1. The maximum atomic E-state index is 13.1. The molecular formula is C16H19F3N2O3. The maximum absolute atomic E-state index is 13.1. The minimum absolute atomic E-state index is 0.0262. The Labute approximate surface area is 137 Å². The predicted octanol–water partition coefficient (Wildman–Crippen LogP) is 3.72. The zero-order valence-corrected chi connectivity index (χ0v) is 13.2. The van der Waals surface area contributed by atoms with E-state index in [1.54, 1.807) is 6.07 Å². The van der Waals surface area contributed by atoms with Crippen molar-refractivity contribution in [3.8, 4) is 0 Å². The molecule has 132 valence electrons. The van der Waals surface area contributed by atoms with Crippen LogP contribution in [0.15, 0.2) is 24.3 Å². The molecule has 0 aliphatic heterocycles. The minimum atomic E-state index is -4.33. The van der Waals surface area contributed by atoms with Crippen LogP contribution in [0.2, 0.25) is 0 Å². The summed E-state index contributed by atoms with van der Waals surface area (Å²) in [6, 6.07) is 5.01. The highest BCUT2D eigenvalue weighted by Crippen LogP contribution is 2.37. The molecule has 0 unspecified atom stereocenters. The molecule has 0 spiro atoms. The Bertz CT molecular complexity index is 604. The smallest absolute Gasteiger partial charge is 0.411 e. The van der Waals surface area contributed by atoms with Crippen LogP contribution < -0.4 is 10.6 Å². The lowest BCUT2D eigenvalue weighted by Crippen LogP contribution is -2.47. The third-order valence-corrected chi connectivity index (χ3v) is 4.06. The molecule has 0 saturated heterocycles. The van der Waals surface area contributed by atoms with Crippen LogP contribution in [0.3, 0.4) is 0 Å². The molecule has 1 aromatic carbocycles. The van der Waals surface area contributed by atoms with Gasteiger partial charge in [-0.1, -0.05) is 18.9 Å². The van der Waals surface area contributed by atoms with E-state index >= 15 is 0 Å². The Morgan fingerprint density at radius 1 is 1.21 bits per heavy atom. The van der Waals surface area contributed by atoms with E-state index in [2.05, 4.69) is 15.4 Å². The first-order valence-corrected chi connectivity index (χ1v) is 7.64. The maximum Gasteiger partial charge on any atom is 0.411 e. The topological polar surface area (TPSA) is 67.4 Å². The summed E-state index contributed by atoms with van der Waals surface area (Å²) in [6.45, 7) is 0. The van der Waals surface area contributed by atoms with Crippen LogP contribution in [-0.4, -0.2) is 31.3 Å². The number of halogens is 3. The molecule has 1 aliphatic rings. The molecular weight excluding hydrogens is 325 g/mol. The number of hydrogen-bond acceptors (Lipinski definition) is 3. The Balaban J connectivity index is 2.08. The van der Waals surface area contributed by atoms with Crippen LogP contribution in [-0.2, 0) is 4.74 Å². The molecule has 2 amide bonds. The lowest BCUT2D eigenvalue weighted by Gasteiger charge is -2.33. The summed E-state index contributed by atoms with van der Waals surface area (Å²) >= 11 is 0. The average Bonchev–Trinajstić information content (AvgIpc) is 2.54. The van der Waals surface area contributed by atoms with Gasteiger partial charge in [-0.25, -0.2) is 4.79 Å². The summed E-state index contributed by atoms with van der Waals surface area (Å²) in [5.74, 6) is -2.11. The van der Waals surface area contributed by atoms with Gasteiger partial charge in [-0.3, -0.25) is 10.1 Å². The SMILES string of the molecule is COC(=O)Nc1cccc(C(=O)N[C@@H]2CCCC[C@H]2C(F)(F)F)c1. The van der Waals surface area contributed by atoms with Gasteiger partial charge < -0.3 is 10.1 Å². The number of hydrogen-bond donors (Lipinski definition) is 2. The molecule has 1 aliphatic carbocycles. The Kier molecular flexibility index (Phi) is 5.69. The monoisotopic (exact) mass is 344 g/mol. The number of alkyl halides is 3. The third-order valence-electron chi connectivity index (χ3n) is 4.06. The number of benzene rings is 1. The van der Waals surface area contributed by atoms with Gasteiger partial charge in [-0.05, 0) is 31.0 Å². The second-order valence-corrected chi connectivity index (χ2v) is 5.71. The molecule has 0 bridgehead atoms. The van der Waals surface area contributed by atoms with Crippen molar-refractivity contribution in [2.75, 3.05) is 12.4 Å². The molecule has 0 heterocycles. The van der Waals surface area contributed by atoms with Crippen molar-refractivity contribution in [2.24, 2.45) is 5.92 Å². The molecule has 0 radical (unpaired) electrons. The molecule has 1 aromatic rings. The summed E-state index contributed by atoms with van der Waals surface area (Å²) < 4.78 is 43.7. The van der Waals surface area contributed by atoms with E-state index < -0.39 is 30.1 Å². The first-order valence-electron chi connectivity index (χ1n) is 7.64. The largest absolute Gasteiger partial charge is 0.453 e. The fourth-order valence-electron chi connectivity index (χ4n) is 2.85. The van der Waals surface area contributed by atoms with Crippen LogP contribution in [0, 0.1) is 5.92 Å². The predicted molar refractivity (Wildman–Crippen MR) is 81.7 cm³/mol. The number of methoxy groups -OCH3 is 1.